The molecule has 0 saturated carbocycles. The average Bonchev–Trinajstić information content (AvgIpc) is 2.50. The number of benzene rings is 2. The molecular weight excluding hydrogens is 394 g/mol. The third-order valence-corrected chi connectivity index (χ3v) is 4.75. The highest BCUT2D eigenvalue weighted by atomic mass is 79.9. The fraction of sp³-hybridized carbons (Fsp3) is 0.294. The van der Waals surface area contributed by atoms with Crippen molar-refractivity contribution >= 4 is 31.9 Å². The molecule has 0 radical (unpaired) electrons. The molecule has 2 aromatic rings. The number of rotatable bonds is 6. The summed E-state index contributed by atoms with van der Waals surface area (Å²) in [4.78, 5) is 0. The van der Waals surface area contributed by atoms with Crippen LogP contribution >= 0.6 is 31.9 Å². The predicted molar refractivity (Wildman–Crippen MR) is 95.0 cm³/mol. The largest absolute Gasteiger partial charge is 0.497 e. The van der Waals surface area contributed by atoms with Crippen LogP contribution in [0.2, 0.25) is 0 Å². The lowest BCUT2D eigenvalue weighted by atomic mass is 9.99. The minimum atomic E-state index is 0.328. The lowest BCUT2D eigenvalue weighted by molar-refractivity contribution is 0.414. The Morgan fingerprint density at radius 2 is 1.81 bits per heavy atom. The van der Waals surface area contributed by atoms with Crippen molar-refractivity contribution in [3.05, 3.63) is 62.5 Å². The van der Waals surface area contributed by atoms with Crippen molar-refractivity contribution in [2.24, 2.45) is 0 Å². The standard InChI is InChI=1S/C17H19Br2NO/c1-20-17(15-9-6-13(18)11-16(15)19)10-5-12-3-7-14(21-2)8-4-12/h3-4,6-9,11,17,20H,5,10H2,1-2H3. The molecule has 4 heteroatoms. The van der Waals surface area contributed by atoms with Crippen LogP contribution in [0.3, 0.4) is 0 Å². The van der Waals surface area contributed by atoms with Crippen molar-refractivity contribution < 1.29 is 4.74 Å². The summed E-state index contributed by atoms with van der Waals surface area (Å²) in [5, 5.41) is 3.40. The maximum Gasteiger partial charge on any atom is 0.118 e. The molecule has 0 heterocycles. The van der Waals surface area contributed by atoms with Crippen LogP contribution in [0.1, 0.15) is 23.6 Å². The van der Waals surface area contributed by atoms with Crippen LogP contribution in [0.25, 0.3) is 0 Å². The van der Waals surface area contributed by atoms with E-state index in [0.29, 0.717) is 6.04 Å². The first-order chi connectivity index (χ1) is 10.1. The number of halogens is 2. The van der Waals surface area contributed by atoms with Gasteiger partial charge in [-0.15, -0.1) is 0 Å². The molecule has 0 saturated heterocycles. The summed E-state index contributed by atoms with van der Waals surface area (Å²) in [6.07, 6.45) is 2.07. The minimum Gasteiger partial charge on any atom is -0.497 e. The van der Waals surface area contributed by atoms with E-state index in [1.165, 1.54) is 11.1 Å². The van der Waals surface area contributed by atoms with Gasteiger partial charge in [-0.1, -0.05) is 50.1 Å². The van der Waals surface area contributed by atoms with Crippen LogP contribution in [-0.2, 0) is 6.42 Å². The Kier molecular flexibility index (Phi) is 6.27. The lowest BCUT2D eigenvalue weighted by Gasteiger charge is -2.18. The summed E-state index contributed by atoms with van der Waals surface area (Å²) in [5.41, 5.74) is 2.61. The predicted octanol–water partition coefficient (Wildman–Crippen LogP) is 5.11. The molecule has 2 aromatic carbocycles. The van der Waals surface area contributed by atoms with Crippen molar-refractivity contribution in [2.75, 3.05) is 14.2 Å². The van der Waals surface area contributed by atoms with Gasteiger partial charge in [-0.2, -0.15) is 0 Å². The molecule has 2 rings (SSSR count). The lowest BCUT2D eigenvalue weighted by Crippen LogP contribution is -2.17. The molecule has 1 unspecified atom stereocenters. The Bertz CT molecular complexity index is 584. The van der Waals surface area contributed by atoms with E-state index in [1.54, 1.807) is 7.11 Å². The molecule has 0 aromatic heterocycles. The third kappa shape index (κ3) is 4.56. The molecule has 0 aliphatic heterocycles. The van der Waals surface area contributed by atoms with E-state index in [0.717, 1.165) is 27.5 Å². The van der Waals surface area contributed by atoms with E-state index in [9.17, 15) is 0 Å². The molecule has 21 heavy (non-hydrogen) atoms. The van der Waals surface area contributed by atoms with Crippen molar-refractivity contribution in [1.29, 1.82) is 0 Å². The van der Waals surface area contributed by atoms with Crippen LogP contribution in [0, 0.1) is 0 Å². The van der Waals surface area contributed by atoms with Gasteiger partial charge in [0.05, 0.1) is 7.11 Å². The third-order valence-electron chi connectivity index (χ3n) is 3.57. The summed E-state index contributed by atoms with van der Waals surface area (Å²) in [7, 11) is 3.70. The molecule has 1 atom stereocenters. The van der Waals surface area contributed by atoms with Crippen LogP contribution in [0.4, 0.5) is 0 Å². The Labute approximate surface area is 143 Å². The number of hydrogen-bond acceptors (Lipinski definition) is 2. The van der Waals surface area contributed by atoms with Gasteiger partial charge in [0.2, 0.25) is 0 Å². The fourth-order valence-corrected chi connectivity index (χ4v) is 3.67. The molecule has 0 aliphatic rings. The average molecular weight is 413 g/mol. The first kappa shape index (κ1) is 16.5. The smallest absolute Gasteiger partial charge is 0.118 e. The maximum atomic E-state index is 5.19. The summed E-state index contributed by atoms with van der Waals surface area (Å²) in [5.74, 6) is 0.902. The molecule has 0 bridgehead atoms. The zero-order valence-electron chi connectivity index (χ0n) is 12.2. The van der Waals surface area contributed by atoms with Gasteiger partial charge in [-0.05, 0) is 55.3 Å². The summed E-state index contributed by atoms with van der Waals surface area (Å²) in [6, 6.07) is 14.9. The maximum absolute atomic E-state index is 5.19. The van der Waals surface area contributed by atoms with Gasteiger partial charge in [-0.25, -0.2) is 0 Å². The molecule has 0 amide bonds. The molecule has 0 fully saturated rings. The minimum absolute atomic E-state index is 0.328. The molecule has 112 valence electrons. The zero-order valence-corrected chi connectivity index (χ0v) is 15.4. The first-order valence-electron chi connectivity index (χ1n) is 6.89. The molecular formula is C17H19Br2NO. The fourth-order valence-electron chi connectivity index (χ4n) is 2.34. The van der Waals surface area contributed by atoms with Crippen molar-refractivity contribution in [1.82, 2.24) is 5.32 Å². The molecule has 0 aliphatic carbocycles. The molecule has 0 spiro atoms. The molecule has 1 N–H and O–H groups in total. The Balaban J connectivity index is 2.04. The van der Waals surface area contributed by atoms with Crippen LogP contribution in [0.15, 0.2) is 51.4 Å². The highest BCUT2D eigenvalue weighted by Gasteiger charge is 2.13. The summed E-state index contributed by atoms with van der Waals surface area (Å²) < 4.78 is 7.41. The number of hydrogen-bond donors (Lipinski definition) is 1. The van der Waals surface area contributed by atoms with E-state index in [2.05, 4.69) is 67.5 Å². The van der Waals surface area contributed by atoms with E-state index in [1.807, 2.05) is 19.2 Å². The quantitative estimate of drug-likeness (QED) is 0.711. The highest BCUT2D eigenvalue weighted by Crippen LogP contribution is 2.29. The zero-order chi connectivity index (χ0) is 15.2. The topological polar surface area (TPSA) is 21.3 Å². The monoisotopic (exact) mass is 411 g/mol. The normalized spacial score (nSPS) is 12.2. The van der Waals surface area contributed by atoms with Crippen molar-refractivity contribution in [3.8, 4) is 5.75 Å². The second-order valence-corrected chi connectivity index (χ2v) is 6.66. The van der Waals surface area contributed by atoms with E-state index < -0.39 is 0 Å². The van der Waals surface area contributed by atoms with E-state index >= 15 is 0 Å². The van der Waals surface area contributed by atoms with Crippen molar-refractivity contribution in [3.63, 3.8) is 0 Å². The van der Waals surface area contributed by atoms with Gasteiger partial charge in [-0.3, -0.25) is 0 Å². The Morgan fingerprint density at radius 1 is 1.10 bits per heavy atom. The van der Waals surface area contributed by atoms with E-state index in [-0.39, 0.29) is 0 Å². The van der Waals surface area contributed by atoms with Gasteiger partial charge in [0.1, 0.15) is 5.75 Å². The number of ether oxygens (including phenoxy) is 1. The van der Waals surface area contributed by atoms with Crippen LogP contribution < -0.4 is 10.1 Å². The van der Waals surface area contributed by atoms with Gasteiger partial charge < -0.3 is 10.1 Å². The number of methoxy groups -OCH3 is 1. The molecule has 2 nitrogen and oxygen atoms in total. The second-order valence-electron chi connectivity index (χ2n) is 4.89. The summed E-state index contributed by atoms with van der Waals surface area (Å²) in [6.45, 7) is 0. The van der Waals surface area contributed by atoms with Crippen molar-refractivity contribution in [2.45, 2.75) is 18.9 Å². The summed E-state index contributed by atoms with van der Waals surface area (Å²) >= 11 is 7.14. The SMILES string of the molecule is CNC(CCc1ccc(OC)cc1)c1ccc(Br)cc1Br. The van der Waals surface area contributed by atoms with Crippen LogP contribution in [-0.4, -0.2) is 14.2 Å². The van der Waals surface area contributed by atoms with Gasteiger partial charge >= 0.3 is 0 Å². The van der Waals surface area contributed by atoms with Gasteiger partial charge in [0.25, 0.3) is 0 Å². The number of nitrogens with one attached hydrogen (secondary N) is 1. The second kappa shape index (κ2) is 7.97. The highest BCUT2D eigenvalue weighted by molar-refractivity contribution is 9.11. The van der Waals surface area contributed by atoms with E-state index in [4.69, 9.17) is 4.74 Å². The Morgan fingerprint density at radius 3 is 2.38 bits per heavy atom. The van der Waals surface area contributed by atoms with Gasteiger partial charge in [0, 0.05) is 15.0 Å². The Hall–Kier alpha value is -0.840. The van der Waals surface area contributed by atoms with Gasteiger partial charge in [0.15, 0.2) is 0 Å². The number of aryl methyl sites for hydroxylation is 1. The first-order valence-corrected chi connectivity index (χ1v) is 8.47. The van der Waals surface area contributed by atoms with Crippen LogP contribution in [0.5, 0.6) is 5.75 Å².